The van der Waals surface area contributed by atoms with Crippen molar-refractivity contribution in [1.29, 1.82) is 0 Å². The number of alkyl halides is 6. The van der Waals surface area contributed by atoms with Crippen LogP contribution in [-0.2, 0) is 16.2 Å². The molecule has 1 atom stereocenters. The minimum absolute atomic E-state index is 0.356. The van der Waals surface area contributed by atoms with Crippen LogP contribution in [0.4, 0.5) is 26.3 Å². The molecule has 22 heavy (non-hydrogen) atoms. The number of hydrogen-bond acceptors (Lipinski definition) is 2. The monoisotopic (exact) mass is 349 g/mol. The van der Waals surface area contributed by atoms with Gasteiger partial charge < -0.3 is 0 Å². The molecular formula is C12H13F6NO2S. The fourth-order valence-electron chi connectivity index (χ4n) is 1.77. The van der Waals surface area contributed by atoms with Gasteiger partial charge in [-0.25, -0.2) is 13.1 Å². The van der Waals surface area contributed by atoms with Crippen molar-refractivity contribution in [3.05, 3.63) is 35.4 Å². The standard InChI is InChI=1S/C12H13F6NO2S/c1-8(19-22(20,21)7-6-11(13,14)15)9-4-2-3-5-10(9)12(16,17)18/h2-5,8,19H,6-7H2,1H3. The van der Waals surface area contributed by atoms with Gasteiger partial charge in [0.25, 0.3) is 0 Å². The van der Waals surface area contributed by atoms with E-state index in [1.807, 2.05) is 4.72 Å². The van der Waals surface area contributed by atoms with Crippen molar-refractivity contribution in [2.75, 3.05) is 5.75 Å². The molecule has 126 valence electrons. The normalized spacial score (nSPS) is 14.9. The van der Waals surface area contributed by atoms with E-state index in [2.05, 4.69) is 0 Å². The molecule has 0 amide bonds. The summed E-state index contributed by atoms with van der Waals surface area (Å²) in [7, 11) is -4.36. The molecular weight excluding hydrogens is 336 g/mol. The van der Waals surface area contributed by atoms with Gasteiger partial charge >= 0.3 is 12.4 Å². The van der Waals surface area contributed by atoms with E-state index >= 15 is 0 Å². The van der Waals surface area contributed by atoms with Gasteiger partial charge in [-0.2, -0.15) is 26.3 Å². The van der Waals surface area contributed by atoms with Crippen LogP contribution in [0.3, 0.4) is 0 Å². The third-order valence-electron chi connectivity index (χ3n) is 2.74. The molecule has 0 fully saturated rings. The molecule has 0 radical (unpaired) electrons. The van der Waals surface area contributed by atoms with Crippen molar-refractivity contribution in [2.45, 2.75) is 31.7 Å². The summed E-state index contributed by atoms with van der Waals surface area (Å²) in [4.78, 5) is 0. The molecule has 0 aliphatic carbocycles. The molecule has 0 aliphatic heterocycles. The summed E-state index contributed by atoms with van der Waals surface area (Å²) >= 11 is 0. The van der Waals surface area contributed by atoms with Gasteiger partial charge in [0.1, 0.15) is 0 Å². The number of benzene rings is 1. The van der Waals surface area contributed by atoms with Crippen LogP contribution in [-0.4, -0.2) is 20.3 Å². The predicted octanol–water partition coefficient (Wildman–Crippen LogP) is 3.64. The second kappa shape index (κ2) is 6.45. The molecule has 1 aromatic carbocycles. The first-order valence-electron chi connectivity index (χ1n) is 6.05. The van der Waals surface area contributed by atoms with Crippen molar-refractivity contribution < 1.29 is 34.8 Å². The topological polar surface area (TPSA) is 46.2 Å². The lowest BCUT2D eigenvalue weighted by Gasteiger charge is -2.19. The molecule has 1 N–H and O–H groups in total. The van der Waals surface area contributed by atoms with Crippen LogP contribution in [0.1, 0.15) is 30.5 Å². The summed E-state index contributed by atoms with van der Waals surface area (Å²) in [6.07, 6.45) is -10.9. The molecule has 1 rings (SSSR count). The van der Waals surface area contributed by atoms with Gasteiger partial charge in [-0.05, 0) is 18.6 Å². The molecule has 0 saturated heterocycles. The minimum Gasteiger partial charge on any atom is -0.212 e. The summed E-state index contributed by atoms with van der Waals surface area (Å²) in [5, 5.41) is 0. The van der Waals surface area contributed by atoms with Gasteiger partial charge in [-0.1, -0.05) is 18.2 Å². The average Bonchev–Trinajstić information content (AvgIpc) is 2.34. The molecule has 0 aliphatic rings. The average molecular weight is 349 g/mol. The highest BCUT2D eigenvalue weighted by atomic mass is 32.2. The first-order valence-corrected chi connectivity index (χ1v) is 7.70. The van der Waals surface area contributed by atoms with E-state index < -0.39 is 46.2 Å². The van der Waals surface area contributed by atoms with Crippen molar-refractivity contribution >= 4 is 10.0 Å². The zero-order chi connectivity index (χ0) is 17.2. The number of rotatable bonds is 5. The molecule has 0 aromatic heterocycles. The fraction of sp³-hybridized carbons (Fsp3) is 0.500. The van der Waals surface area contributed by atoms with Crippen molar-refractivity contribution in [3.8, 4) is 0 Å². The second-order valence-corrected chi connectivity index (χ2v) is 6.48. The third-order valence-corrected chi connectivity index (χ3v) is 4.20. The van der Waals surface area contributed by atoms with E-state index in [4.69, 9.17) is 0 Å². The Kier molecular flexibility index (Phi) is 5.50. The van der Waals surface area contributed by atoms with Gasteiger partial charge in [0, 0.05) is 6.04 Å². The van der Waals surface area contributed by atoms with Crippen LogP contribution < -0.4 is 4.72 Å². The van der Waals surface area contributed by atoms with Crippen LogP contribution in [0.15, 0.2) is 24.3 Å². The van der Waals surface area contributed by atoms with Crippen molar-refractivity contribution in [1.82, 2.24) is 4.72 Å². The number of halogens is 6. The van der Waals surface area contributed by atoms with Crippen LogP contribution in [0.5, 0.6) is 0 Å². The maximum absolute atomic E-state index is 12.8. The zero-order valence-corrected chi connectivity index (χ0v) is 12.1. The van der Waals surface area contributed by atoms with Gasteiger partial charge in [-0.15, -0.1) is 0 Å². The number of hydrogen-bond donors (Lipinski definition) is 1. The Morgan fingerprint density at radius 1 is 1.09 bits per heavy atom. The van der Waals surface area contributed by atoms with Gasteiger partial charge in [-0.3, -0.25) is 0 Å². The first kappa shape index (κ1) is 18.8. The summed E-state index contributed by atoms with van der Waals surface area (Å²) in [6.45, 7) is 1.13. The Balaban J connectivity index is 2.92. The van der Waals surface area contributed by atoms with Crippen LogP contribution in [0, 0.1) is 0 Å². The molecule has 10 heteroatoms. The second-order valence-electron chi connectivity index (χ2n) is 4.61. The molecule has 1 unspecified atom stereocenters. The van der Waals surface area contributed by atoms with E-state index in [9.17, 15) is 34.8 Å². The van der Waals surface area contributed by atoms with Crippen molar-refractivity contribution in [3.63, 3.8) is 0 Å². The van der Waals surface area contributed by atoms with Gasteiger partial charge in [0.15, 0.2) is 0 Å². The van der Waals surface area contributed by atoms with E-state index in [1.165, 1.54) is 6.07 Å². The summed E-state index contributed by atoms with van der Waals surface area (Å²) in [5.74, 6) is -1.24. The largest absolute Gasteiger partial charge is 0.416 e. The smallest absolute Gasteiger partial charge is 0.212 e. The van der Waals surface area contributed by atoms with E-state index in [0.717, 1.165) is 25.1 Å². The molecule has 1 aromatic rings. The lowest BCUT2D eigenvalue weighted by Crippen LogP contribution is -2.32. The quantitative estimate of drug-likeness (QED) is 0.825. The molecule has 0 bridgehead atoms. The number of sulfonamides is 1. The maximum Gasteiger partial charge on any atom is 0.416 e. The Hall–Kier alpha value is -1.29. The van der Waals surface area contributed by atoms with Crippen LogP contribution in [0.25, 0.3) is 0 Å². The first-order chi connectivity index (χ1) is 9.82. The summed E-state index contributed by atoms with van der Waals surface area (Å²) in [5.41, 5.74) is -1.40. The lowest BCUT2D eigenvalue weighted by molar-refractivity contribution is -0.138. The minimum atomic E-state index is -4.69. The molecule has 3 nitrogen and oxygen atoms in total. The Morgan fingerprint density at radius 3 is 2.14 bits per heavy atom. The van der Waals surface area contributed by atoms with Crippen molar-refractivity contribution in [2.24, 2.45) is 0 Å². The Morgan fingerprint density at radius 2 is 1.64 bits per heavy atom. The fourth-order valence-corrected chi connectivity index (χ4v) is 3.06. The SMILES string of the molecule is CC(NS(=O)(=O)CCC(F)(F)F)c1ccccc1C(F)(F)F. The highest BCUT2D eigenvalue weighted by Gasteiger charge is 2.35. The Bertz CT molecular complexity index is 609. The van der Waals surface area contributed by atoms with Crippen LogP contribution in [0.2, 0.25) is 0 Å². The van der Waals surface area contributed by atoms with E-state index in [1.54, 1.807) is 0 Å². The maximum atomic E-state index is 12.8. The van der Waals surface area contributed by atoms with Gasteiger partial charge in [0.2, 0.25) is 10.0 Å². The highest BCUT2D eigenvalue weighted by molar-refractivity contribution is 7.89. The van der Waals surface area contributed by atoms with E-state index in [0.29, 0.717) is 0 Å². The summed E-state index contributed by atoms with van der Waals surface area (Å²) in [6, 6.07) is 2.95. The number of nitrogens with one attached hydrogen (secondary N) is 1. The molecule has 0 saturated carbocycles. The molecule has 0 heterocycles. The highest BCUT2D eigenvalue weighted by Crippen LogP contribution is 2.34. The van der Waals surface area contributed by atoms with E-state index in [-0.39, 0.29) is 5.56 Å². The van der Waals surface area contributed by atoms with Crippen LogP contribution >= 0.6 is 0 Å². The third kappa shape index (κ3) is 5.84. The lowest BCUT2D eigenvalue weighted by atomic mass is 10.0. The zero-order valence-electron chi connectivity index (χ0n) is 11.3. The predicted molar refractivity (Wildman–Crippen MR) is 67.5 cm³/mol. The summed E-state index contributed by atoms with van der Waals surface area (Å²) < 4.78 is 99.4. The molecule has 0 spiro atoms. The van der Waals surface area contributed by atoms with Gasteiger partial charge in [0.05, 0.1) is 17.7 Å². The Labute approximate surface area is 123 Å².